The molecule has 2 aromatic rings. The zero-order chi connectivity index (χ0) is 15.1. The molecule has 1 unspecified atom stereocenters. The second-order valence-corrected chi connectivity index (χ2v) is 4.77. The second kappa shape index (κ2) is 8.08. The number of nitrogens with one attached hydrogen (secondary N) is 1. The number of hydrogen-bond donors (Lipinski definition) is 1. The molecule has 1 atom stereocenters. The highest BCUT2D eigenvalue weighted by molar-refractivity contribution is 5.79. The third-order valence-corrected chi connectivity index (χ3v) is 3.35. The largest absolute Gasteiger partial charge is 0.351 e. The maximum absolute atomic E-state index is 5.76. The summed E-state index contributed by atoms with van der Waals surface area (Å²) in [4.78, 5) is 4.43. The van der Waals surface area contributed by atoms with E-state index in [1.807, 2.05) is 26.1 Å². The predicted molar refractivity (Wildman–Crippen MR) is 85.2 cm³/mol. The fourth-order valence-corrected chi connectivity index (χ4v) is 2.44. The molecule has 0 fully saturated rings. The van der Waals surface area contributed by atoms with Crippen LogP contribution < -0.4 is 5.32 Å². The van der Waals surface area contributed by atoms with E-state index in [-0.39, 0.29) is 12.3 Å². The Kier molecular flexibility index (Phi) is 6.11. The van der Waals surface area contributed by atoms with Crippen LogP contribution in [0.2, 0.25) is 0 Å². The summed E-state index contributed by atoms with van der Waals surface area (Å²) in [6.07, 6.45) is 1.53. The van der Waals surface area contributed by atoms with Crippen molar-refractivity contribution in [2.45, 2.75) is 33.1 Å². The molecule has 0 aliphatic carbocycles. The second-order valence-electron chi connectivity index (χ2n) is 4.77. The van der Waals surface area contributed by atoms with Crippen molar-refractivity contribution < 1.29 is 9.47 Å². The lowest BCUT2D eigenvalue weighted by atomic mass is 10.0. The summed E-state index contributed by atoms with van der Waals surface area (Å²) < 4.78 is 11.5. The number of aromatic nitrogens is 1. The normalized spacial score (nSPS) is 13.0. The third-order valence-electron chi connectivity index (χ3n) is 3.35. The number of hydrogen-bond acceptors (Lipinski definition) is 4. The molecule has 21 heavy (non-hydrogen) atoms. The van der Waals surface area contributed by atoms with Gasteiger partial charge in [0.05, 0.1) is 11.6 Å². The van der Waals surface area contributed by atoms with Gasteiger partial charge in [0.2, 0.25) is 0 Å². The monoisotopic (exact) mass is 288 g/mol. The molecule has 4 nitrogen and oxygen atoms in total. The van der Waals surface area contributed by atoms with Crippen molar-refractivity contribution in [1.82, 2.24) is 10.3 Å². The van der Waals surface area contributed by atoms with Crippen LogP contribution in [0.5, 0.6) is 0 Å². The Hall–Kier alpha value is -1.49. The van der Waals surface area contributed by atoms with Crippen molar-refractivity contribution in [1.29, 1.82) is 0 Å². The molecular weight excluding hydrogens is 264 g/mol. The predicted octanol–water partition coefficient (Wildman–Crippen LogP) is 3.28. The van der Waals surface area contributed by atoms with Crippen molar-refractivity contribution in [3.63, 3.8) is 0 Å². The van der Waals surface area contributed by atoms with Gasteiger partial charge in [0.25, 0.3) is 0 Å². The first-order valence-corrected chi connectivity index (χ1v) is 7.61. The number of benzene rings is 1. The highest BCUT2D eigenvalue weighted by Gasteiger charge is 2.23. The third kappa shape index (κ3) is 4.00. The van der Waals surface area contributed by atoms with E-state index < -0.39 is 0 Å². The molecule has 0 radical (unpaired) electrons. The number of fused-ring (bicyclic) bond motifs is 1. The summed E-state index contributed by atoms with van der Waals surface area (Å²) in [5.74, 6) is 0. The van der Waals surface area contributed by atoms with Crippen LogP contribution in [0.4, 0.5) is 0 Å². The van der Waals surface area contributed by atoms with E-state index >= 15 is 0 Å². The Labute approximate surface area is 126 Å². The quantitative estimate of drug-likeness (QED) is 0.757. The summed E-state index contributed by atoms with van der Waals surface area (Å²) in [6, 6.07) is 10.3. The van der Waals surface area contributed by atoms with Crippen LogP contribution in [-0.4, -0.2) is 31.0 Å². The molecule has 0 spiro atoms. The van der Waals surface area contributed by atoms with Crippen LogP contribution in [-0.2, 0) is 9.47 Å². The number of ether oxygens (including phenoxy) is 2. The van der Waals surface area contributed by atoms with Crippen molar-refractivity contribution in [3.05, 3.63) is 42.1 Å². The Bertz CT molecular complexity index is 553. The average molecular weight is 288 g/mol. The lowest BCUT2D eigenvalue weighted by Crippen LogP contribution is -2.36. The van der Waals surface area contributed by atoms with Crippen LogP contribution in [0.25, 0.3) is 10.9 Å². The smallest absolute Gasteiger partial charge is 0.176 e. The minimum absolute atomic E-state index is 0.00121. The van der Waals surface area contributed by atoms with Gasteiger partial charge in [-0.05, 0) is 38.1 Å². The Balaban J connectivity index is 2.33. The van der Waals surface area contributed by atoms with Gasteiger partial charge in [-0.2, -0.15) is 0 Å². The van der Waals surface area contributed by atoms with Gasteiger partial charge in [-0.25, -0.2) is 0 Å². The summed E-state index contributed by atoms with van der Waals surface area (Å²) in [6.45, 7) is 8.15. The Morgan fingerprint density at radius 1 is 1.10 bits per heavy atom. The Morgan fingerprint density at radius 3 is 2.52 bits per heavy atom. The highest BCUT2D eigenvalue weighted by atomic mass is 16.7. The first-order valence-electron chi connectivity index (χ1n) is 7.61. The van der Waals surface area contributed by atoms with Crippen molar-refractivity contribution in [2.75, 3.05) is 19.8 Å². The number of likely N-dealkylation sites (N-methyl/N-ethyl adjacent to an activating group) is 1. The van der Waals surface area contributed by atoms with Gasteiger partial charge >= 0.3 is 0 Å². The highest BCUT2D eigenvalue weighted by Crippen LogP contribution is 2.24. The molecule has 1 N–H and O–H groups in total. The molecule has 1 heterocycles. The molecule has 0 amide bonds. The molecule has 0 saturated carbocycles. The van der Waals surface area contributed by atoms with Crippen LogP contribution in [0.3, 0.4) is 0 Å². The van der Waals surface area contributed by atoms with E-state index in [9.17, 15) is 0 Å². The van der Waals surface area contributed by atoms with Gasteiger partial charge < -0.3 is 14.8 Å². The first-order chi connectivity index (χ1) is 10.3. The summed E-state index contributed by atoms with van der Waals surface area (Å²) >= 11 is 0. The summed E-state index contributed by atoms with van der Waals surface area (Å²) in [5.41, 5.74) is 2.12. The number of nitrogens with zero attached hydrogens (tertiary/aromatic N) is 1. The fourth-order valence-electron chi connectivity index (χ4n) is 2.44. The first kappa shape index (κ1) is 15.9. The lowest BCUT2D eigenvalue weighted by Gasteiger charge is -2.28. The standard InChI is InChI=1S/C17H24N2O2/c1-4-18-16(17(20-5-2)21-6-3)14-10-9-13-8-7-11-19-15(13)12-14/h7-12,16-18H,4-6H2,1-3H3. The van der Waals surface area contributed by atoms with E-state index in [1.54, 1.807) is 0 Å². The minimum atomic E-state index is -0.291. The van der Waals surface area contributed by atoms with E-state index in [0.29, 0.717) is 13.2 Å². The van der Waals surface area contributed by atoms with Crippen molar-refractivity contribution in [3.8, 4) is 0 Å². The maximum atomic E-state index is 5.76. The molecule has 2 rings (SSSR count). The zero-order valence-corrected chi connectivity index (χ0v) is 13.0. The van der Waals surface area contributed by atoms with E-state index in [4.69, 9.17) is 9.47 Å². The summed E-state index contributed by atoms with van der Waals surface area (Å²) in [5, 5.41) is 4.60. The SMILES string of the molecule is CCNC(c1ccc2cccnc2c1)C(OCC)OCC. The molecular formula is C17H24N2O2. The molecule has 1 aromatic heterocycles. The van der Waals surface area contributed by atoms with Crippen molar-refractivity contribution >= 4 is 10.9 Å². The molecule has 0 saturated heterocycles. The fraction of sp³-hybridized carbons (Fsp3) is 0.471. The molecule has 114 valence electrons. The molecule has 1 aromatic carbocycles. The molecule has 4 heteroatoms. The van der Waals surface area contributed by atoms with Gasteiger partial charge in [-0.15, -0.1) is 0 Å². The average Bonchev–Trinajstić information content (AvgIpc) is 2.52. The number of pyridine rings is 1. The lowest BCUT2D eigenvalue weighted by molar-refractivity contribution is -0.155. The van der Waals surface area contributed by atoms with Crippen LogP contribution in [0.15, 0.2) is 36.5 Å². The van der Waals surface area contributed by atoms with Crippen LogP contribution in [0.1, 0.15) is 32.4 Å². The van der Waals surface area contributed by atoms with Gasteiger partial charge in [0.1, 0.15) is 0 Å². The van der Waals surface area contributed by atoms with E-state index in [1.165, 1.54) is 0 Å². The van der Waals surface area contributed by atoms with Crippen molar-refractivity contribution in [2.24, 2.45) is 0 Å². The Morgan fingerprint density at radius 2 is 1.86 bits per heavy atom. The summed E-state index contributed by atoms with van der Waals surface area (Å²) in [7, 11) is 0. The molecule has 0 aliphatic rings. The van der Waals surface area contributed by atoms with Gasteiger partial charge in [0, 0.05) is 24.8 Å². The maximum Gasteiger partial charge on any atom is 0.176 e. The van der Waals surface area contributed by atoms with Gasteiger partial charge in [-0.1, -0.05) is 25.1 Å². The van der Waals surface area contributed by atoms with Crippen LogP contribution >= 0.6 is 0 Å². The molecule has 0 aliphatic heterocycles. The van der Waals surface area contributed by atoms with Gasteiger partial charge in [0.15, 0.2) is 6.29 Å². The van der Waals surface area contributed by atoms with Crippen LogP contribution in [0, 0.1) is 0 Å². The topological polar surface area (TPSA) is 43.4 Å². The molecule has 0 bridgehead atoms. The minimum Gasteiger partial charge on any atom is -0.351 e. The van der Waals surface area contributed by atoms with E-state index in [2.05, 4.69) is 41.5 Å². The van der Waals surface area contributed by atoms with E-state index in [0.717, 1.165) is 23.0 Å². The zero-order valence-electron chi connectivity index (χ0n) is 13.0. The number of rotatable bonds is 8. The van der Waals surface area contributed by atoms with Gasteiger partial charge in [-0.3, -0.25) is 4.98 Å².